The highest BCUT2D eigenvalue weighted by molar-refractivity contribution is 5.82. The van der Waals surface area contributed by atoms with Crippen LogP contribution < -0.4 is 0 Å². The predicted molar refractivity (Wildman–Crippen MR) is 156 cm³/mol. The van der Waals surface area contributed by atoms with Gasteiger partial charge in [-0.1, -0.05) is 54.5 Å². The van der Waals surface area contributed by atoms with E-state index in [-0.39, 0.29) is 55.1 Å². The fourth-order valence-electron chi connectivity index (χ4n) is 5.53. The van der Waals surface area contributed by atoms with Crippen LogP contribution in [-0.2, 0) is 38.1 Å². The summed E-state index contributed by atoms with van der Waals surface area (Å²) in [4.78, 5) is 36.5. The Morgan fingerprint density at radius 2 is 1.71 bits per heavy atom. The van der Waals surface area contributed by atoms with Gasteiger partial charge < -0.3 is 23.7 Å². The van der Waals surface area contributed by atoms with Crippen molar-refractivity contribution in [2.24, 2.45) is 5.92 Å². The smallest absolute Gasteiger partial charge is 0.330 e. The molecule has 6 atom stereocenters. The van der Waals surface area contributed by atoms with Crippen molar-refractivity contribution in [2.45, 2.75) is 109 Å². The highest BCUT2D eigenvalue weighted by atomic mass is 16.6. The molecular weight excluding hydrogens is 524 g/mol. The Kier molecular flexibility index (Phi) is 13.6. The monoisotopic (exact) mass is 570 g/mol. The van der Waals surface area contributed by atoms with Crippen LogP contribution in [0.5, 0.6) is 0 Å². The first kappa shape index (κ1) is 32.5. The van der Waals surface area contributed by atoms with Crippen LogP contribution in [0.3, 0.4) is 0 Å². The topological polar surface area (TPSA) is 97.4 Å². The minimum absolute atomic E-state index is 0.0389. The second kappa shape index (κ2) is 17.1. The van der Waals surface area contributed by atoms with Gasteiger partial charge >= 0.3 is 17.9 Å². The quantitative estimate of drug-likeness (QED) is 0.129. The molecule has 41 heavy (non-hydrogen) atoms. The van der Waals surface area contributed by atoms with Gasteiger partial charge in [-0.05, 0) is 57.9 Å². The number of ether oxygens (including phenoxy) is 5. The van der Waals surface area contributed by atoms with Gasteiger partial charge in [0.05, 0.1) is 51.5 Å². The lowest BCUT2D eigenvalue weighted by Crippen LogP contribution is -2.37. The Labute approximate surface area is 244 Å². The van der Waals surface area contributed by atoms with Crippen LogP contribution >= 0.6 is 0 Å². The fourth-order valence-corrected chi connectivity index (χ4v) is 5.53. The molecule has 0 spiro atoms. The van der Waals surface area contributed by atoms with Crippen molar-refractivity contribution in [3.63, 3.8) is 0 Å². The maximum absolute atomic E-state index is 13.1. The minimum Gasteiger partial charge on any atom is -0.469 e. The third-order valence-corrected chi connectivity index (χ3v) is 7.68. The molecule has 0 N–H and O–H groups in total. The van der Waals surface area contributed by atoms with E-state index in [4.69, 9.17) is 23.7 Å². The SMILES string of the molecule is COC(=O)/C=C1\CC2CC(=O)OC(/C=C/C=C\C=C(/C)CC(=O)OC)C(C)/C=C\CCC3CCCC(CC(C1)O2)O3. The van der Waals surface area contributed by atoms with E-state index < -0.39 is 12.1 Å². The highest BCUT2D eigenvalue weighted by Crippen LogP contribution is 2.33. The average molecular weight is 571 g/mol. The van der Waals surface area contributed by atoms with Gasteiger partial charge in [0.1, 0.15) is 6.10 Å². The number of allylic oxidation sites excluding steroid dienone is 5. The molecule has 2 fully saturated rings. The minimum atomic E-state index is -0.462. The van der Waals surface area contributed by atoms with Crippen molar-refractivity contribution in [3.8, 4) is 0 Å². The van der Waals surface area contributed by atoms with Crippen molar-refractivity contribution in [1.82, 2.24) is 0 Å². The predicted octanol–water partition coefficient (Wildman–Crippen LogP) is 5.87. The third kappa shape index (κ3) is 11.8. The van der Waals surface area contributed by atoms with Crippen LogP contribution in [0.1, 0.15) is 78.1 Å². The maximum Gasteiger partial charge on any atom is 0.330 e. The summed E-state index contributed by atoms with van der Waals surface area (Å²) in [6, 6.07) is 0. The van der Waals surface area contributed by atoms with Gasteiger partial charge in [-0.2, -0.15) is 0 Å². The van der Waals surface area contributed by atoms with Gasteiger partial charge in [0, 0.05) is 18.4 Å². The highest BCUT2D eigenvalue weighted by Gasteiger charge is 2.33. The molecule has 0 radical (unpaired) electrons. The lowest BCUT2D eigenvalue weighted by Gasteiger charge is -2.36. The number of esters is 3. The summed E-state index contributed by atoms with van der Waals surface area (Å²) in [6.45, 7) is 3.90. The van der Waals surface area contributed by atoms with Crippen molar-refractivity contribution < 1.29 is 38.1 Å². The van der Waals surface area contributed by atoms with Crippen LogP contribution in [-0.4, -0.2) is 62.6 Å². The molecule has 0 aliphatic carbocycles. The van der Waals surface area contributed by atoms with E-state index >= 15 is 0 Å². The van der Waals surface area contributed by atoms with Crippen molar-refractivity contribution in [1.29, 1.82) is 0 Å². The molecule has 0 amide bonds. The van der Waals surface area contributed by atoms with E-state index in [0.29, 0.717) is 12.8 Å². The van der Waals surface area contributed by atoms with E-state index in [1.807, 2.05) is 44.2 Å². The number of fused-ring (bicyclic) bond motifs is 4. The molecule has 0 aromatic rings. The molecule has 3 rings (SSSR count). The fraction of sp³-hybridized carbons (Fsp3) is 0.606. The number of hydrogen-bond acceptors (Lipinski definition) is 8. The summed E-state index contributed by atoms with van der Waals surface area (Å²) >= 11 is 0. The Bertz CT molecular complexity index is 1040. The van der Waals surface area contributed by atoms with Gasteiger partial charge in [0.2, 0.25) is 0 Å². The van der Waals surface area contributed by atoms with E-state index in [0.717, 1.165) is 49.7 Å². The maximum atomic E-state index is 13.1. The summed E-state index contributed by atoms with van der Waals surface area (Å²) < 4.78 is 28.3. The molecule has 4 bridgehead atoms. The molecule has 2 saturated heterocycles. The molecule has 8 heteroatoms. The van der Waals surface area contributed by atoms with Crippen LogP contribution in [0.25, 0.3) is 0 Å². The standard InChI is InChI=1S/C33H46O8/c1-23(17-31(34)37-3)11-6-5-7-16-30-24(2)12-8-9-13-26-14-10-15-27(39-26)21-28-18-25(20-32(35)38-4)19-29(40-28)22-33(36)41-30/h5-8,11-12,16,20,24,26-30H,9-10,13-15,17-19,21-22H2,1-4H3/b6-5-,12-8-,16-7+,23-11+,25-20-. The Morgan fingerprint density at radius 3 is 2.49 bits per heavy atom. The number of hydrogen-bond donors (Lipinski definition) is 0. The molecular formula is C33H46O8. The van der Waals surface area contributed by atoms with Crippen LogP contribution in [0.15, 0.2) is 59.8 Å². The van der Waals surface area contributed by atoms with E-state index in [9.17, 15) is 14.4 Å². The summed E-state index contributed by atoms with van der Waals surface area (Å²) in [5.74, 6) is -1.06. The van der Waals surface area contributed by atoms with Crippen LogP contribution in [0.2, 0.25) is 0 Å². The van der Waals surface area contributed by atoms with Crippen molar-refractivity contribution in [2.75, 3.05) is 14.2 Å². The lowest BCUT2D eigenvalue weighted by molar-refractivity contribution is -0.154. The molecule has 6 unspecified atom stereocenters. The zero-order valence-corrected chi connectivity index (χ0v) is 24.9. The van der Waals surface area contributed by atoms with Gasteiger partial charge in [-0.25, -0.2) is 4.79 Å². The molecule has 8 nitrogen and oxygen atoms in total. The second-order valence-corrected chi connectivity index (χ2v) is 11.2. The third-order valence-electron chi connectivity index (χ3n) is 7.68. The number of rotatable bonds is 6. The first-order chi connectivity index (χ1) is 19.7. The summed E-state index contributed by atoms with van der Waals surface area (Å²) in [6.07, 6.45) is 21.6. The first-order valence-electron chi connectivity index (χ1n) is 14.8. The molecule has 3 heterocycles. The first-order valence-corrected chi connectivity index (χ1v) is 14.8. The molecule has 0 aromatic carbocycles. The number of carbonyl (C=O) groups is 3. The zero-order chi connectivity index (χ0) is 29.6. The Hall–Kier alpha value is -2.97. The van der Waals surface area contributed by atoms with Gasteiger partial charge in [-0.15, -0.1) is 0 Å². The number of carbonyl (C=O) groups excluding carboxylic acids is 3. The molecule has 3 aliphatic rings. The lowest BCUT2D eigenvalue weighted by atomic mass is 9.90. The van der Waals surface area contributed by atoms with E-state index in [2.05, 4.69) is 12.2 Å². The van der Waals surface area contributed by atoms with E-state index in [1.54, 1.807) is 0 Å². The van der Waals surface area contributed by atoms with Crippen LogP contribution in [0.4, 0.5) is 0 Å². The molecule has 226 valence electrons. The average Bonchev–Trinajstić information content (AvgIpc) is 2.93. The van der Waals surface area contributed by atoms with Crippen molar-refractivity contribution in [3.05, 3.63) is 59.8 Å². The van der Waals surface area contributed by atoms with Gasteiger partial charge in [0.15, 0.2) is 0 Å². The summed E-state index contributed by atoms with van der Waals surface area (Å²) in [5.41, 5.74) is 1.81. The van der Waals surface area contributed by atoms with Gasteiger partial charge in [0.25, 0.3) is 0 Å². The Morgan fingerprint density at radius 1 is 0.951 bits per heavy atom. The van der Waals surface area contributed by atoms with Gasteiger partial charge in [-0.3, -0.25) is 9.59 Å². The molecule has 3 aliphatic heterocycles. The molecule has 0 aromatic heterocycles. The zero-order valence-electron chi connectivity index (χ0n) is 24.9. The number of cyclic esters (lactones) is 1. The molecule has 0 saturated carbocycles. The largest absolute Gasteiger partial charge is 0.469 e. The normalized spacial score (nSPS) is 32.0. The van der Waals surface area contributed by atoms with Crippen LogP contribution in [0, 0.1) is 5.92 Å². The Balaban J connectivity index is 1.76. The summed E-state index contributed by atoms with van der Waals surface area (Å²) in [5, 5.41) is 0. The van der Waals surface area contributed by atoms with Crippen molar-refractivity contribution >= 4 is 17.9 Å². The second-order valence-electron chi connectivity index (χ2n) is 11.2. The number of methoxy groups -OCH3 is 2. The van der Waals surface area contributed by atoms with E-state index in [1.165, 1.54) is 20.3 Å². The summed E-state index contributed by atoms with van der Waals surface area (Å²) in [7, 11) is 2.74.